The van der Waals surface area contributed by atoms with Crippen LogP contribution in [0.15, 0.2) is 48.5 Å². The van der Waals surface area contributed by atoms with Crippen molar-refractivity contribution in [1.29, 1.82) is 5.26 Å². The second kappa shape index (κ2) is 7.28. The van der Waals surface area contributed by atoms with E-state index in [4.69, 9.17) is 10.00 Å². The largest absolute Gasteiger partial charge is 0.497 e. The van der Waals surface area contributed by atoms with Gasteiger partial charge in [-0.1, -0.05) is 24.3 Å². The van der Waals surface area contributed by atoms with Crippen LogP contribution in [0.2, 0.25) is 0 Å². The Balaban J connectivity index is 1.97. The maximum Gasteiger partial charge on any atom is 0.224 e. The van der Waals surface area contributed by atoms with Crippen LogP contribution >= 0.6 is 0 Å². The van der Waals surface area contributed by atoms with Crippen LogP contribution < -0.4 is 10.1 Å². The van der Waals surface area contributed by atoms with E-state index in [1.54, 1.807) is 19.2 Å². The predicted octanol–water partition coefficient (Wildman–Crippen LogP) is 2.99. The molecule has 1 atom stereocenters. The highest BCUT2D eigenvalue weighted by atomic mass is 16.5. The number of carbonyl (C=O) groups excluding carboxylic acids is 1. The fraction of sp³-hybridized carbons (Fsp3) is 0.222. The summed E-state index contributed by atoms with van der Waals surface area (Å²) >= 11 is 0. The molecule has 22 heavy (non-hydrogen) atoms. The maximum absolute atomic E-state index is 12.1. The van der Waals surface area contributed by atoms with Gasteiger partial charge in [-0.3, -0.25) is 4.79 Å². The van der Waals surface area contributed by atoms with Crippen molar-refractivity contribution in [2.24, 2.45) is 0 Å². The van der Waals surface area contributed by atoms with Crippen LogP contribution in [0.1, 0.15) is 29.7 Å². The Labute approximate surface area is 130 Å². The zero-order valence-electron chi connectivity index (χ0n) is 12.7. The van der Waals surface area contributed by atoms with Gasteiger partial charge in [0.05, 0.1) is 31.2 Å². The summed E-state index contributed by atoms with van der Waals surface area (Å²) in [7, 11) is 1.60. The second-order valence-electron chi connectivity index (χ2n) is 5.05. The number of benzene rings is 2. The van der Waals surface area contributed by atoms with Crippen LogP contribution in [0.3, 0.4) is 0 Å². The molecule has 0 saturated carbocycles. The van der Waals surface area contributed by atoms with E-state index >= 15 is 0 Å². The first-order valence-electron chi connectivity index (χ1n) is 7.04. The molecule has 0 aliphatic carbocycles. The van der Waals surface area contributed by atoms with Crippen molar-refractivity contribution in [2.45, 2.75) is 19.4 Å². The Morgan fingerprint density at radius 2 is 2.00 bits per heavy atom. The van der Waals surface area contributed by atoms with E-state index in [0.29, 0.717) is 12.0 Å². The van der Waals surface area contributed by atoms with Gasteiger partial charge in [-0.2, -0.15) is 5.26 Å². The lowest BCUT2D eigenvalue weighted by molar-refractivity contribution is -0.121. The van der Waals surface area contributed by atoms with Crippen LogP contribution in [-0.4, -0.2) is 13.0 Å². The fourth-order valence-electron chi connectivity index (χ4n) is 2.19. The van der Waals surface area contributed by atoms with Crippen LogP contribution in [0.5, 0.6) is 5.75 Å². The van der Waals surface area contributed by atoms with Gasteiger partial charge in [0.15, 0.2) is 0 Å². The Morgan fingerprint density at radius 1 is 1.27 bits per heavy atom. The summed E-state index contributed by atoms with van der Waals surface area (Å²) in [6.07, 6.45) is 0.303. The van der Waals surface area contributed by atoms with Crippen molar-refractivity contribution < 1.29 is 9.53 Å². The summed E-state index contributed by atoms with van der Waals surface area (Å²) in [6.45, 7) is 1.92. The smallest absolute Gasteiger partial charge is 0.224 e. The van der Waals surface area contributed by atoms with E-state index in [2.05, 4.69) is 11.4 Å². The third-order valence-corrected chi connectivity index (χ3v) is 3.42. The van der Waals surface area contributed by atoms with E-state index < -0.39 is 0 Å². The molecule has 0 aliphatic rings. The zero-order chi connectivity index (χ0) is 15.9. The lowest BCUT2D eigenvalue weighted by Crippen LogP contribution is -2.28. The molecule has 0 radical (unpaired) electrons. The molecule has 2 rings (SSSR count). The van der Waals surface area contributed by atoms with Crippen LogP contribution in [0.25, 0.3) is 0 Å². The average molecular weight is 294 g/mol. The molecule has 2 aromatic carbocycles. The molecule has 0 heterocycles. The van der Waals surface area contributed by atoms with Gasteiger partial charge in [0.2, 0.25) is 5.91 Å². The van der Waals surface area contributed by atoms with E-state index in [1.807, 2.05) is 43.3 Å². The maximum atomic E-state index is 12.1. The Hall–Kier alpha value is -2.80. The van der Waals surface area contributed by atoms with Gasteiger partial charge in [0.25, 0.3) is 0 Å². The fourth-order valence-corrected chi connectivity index (χ4v) is 2.19. The molecule has 0 aromatic heterocycles. The van der Waals surface area contributed by atoms with E-state index in [9.17, 15) is 4.79 Å². The quantitative estimate of drug-likeness (QED) is 0.922. The highest BCUT2D eigenvalue weighted by Gasteiger charge is 2.10. The molecular weight excluding hydrogens is 276 g/mol. The van der Waals surface area contributed by atoms with E-state index in [0.717, 1.165) is 16.9 Å². The minimum absolute atomic E-state index is 0.0508. The highest BCUT2D eigenvalue weighted by molar-refractivity contribution is 5.79. The van der Waals surface area contributed by atoms with E-state index in [-0.39, 0.29) is 11.9 Å². The molecular formula is C18H18N2O2. The van der Waals surface area contributed by atoms with Crippen LogP contribution in [0, 0.1) is 11.3 Å². The monoisotopic (exact) mass is 294 g/mol. The van der Waals surface area contributed by atoms with Gasteiger partial charge in [0.1, 0.15) is 5.75 Å². The molecule has 1 unspecified atom stereocenters. The zero-order valence-corrected chi connectivity index (χ0v) is 12.7. The lowest BCUT2D eigenvalue weighted by atomic mass is 10.1. The summed E-state index contributed by atoms with van der Waals surface area (Å²) in [4.78, 5) is 12.1. The van der Waals surface area contributed by atoms with Gasteiger partial charge in [-0.25, -0.2) is 0 Å². The molecule has 1 N–H and O–H groups in total. The second-order valence-corrected chi connectivity index (χ2v) is 5.05. The molecule has 0 fully saturated rings. The molecule has 4 nitrogen and oxygen atoms in total. The lowest BCUT2D eigenvalue weighted by Gasteiger charge is -2.14. The summed E-state index contributed by atoms with van der Waals surface area (Å²) in [5.74, 6) is 0.690. The minimum atomic E-state index is -0.106. The molecule has 0 aliphatic heterocycles. The van der Waals surface area contributed by atoms with Crippen molar-refractivity contribution in [1.82, 2.24) is 5.32 Å². The number of nitrogens with zero attached hydrogens (tertiary/aromatic N) is 1. The highest BCUT2D eigenvalue weighted by Crippen LogP contribution is 2.15. The van der Waals surface area contributed by atoms with Crippen LogP contribution in [-0.2, 0) is 11.2 Å². The number of nitriles is 1. The van der Waals surface area contributed by atoms with Gasteiger partial charge in [-0.15, -0.1) is 0 Å². The molecule has 0 bridgehead atoms. The van der Waals surface area contributed by atoms with Crippen molar-refractivity contribution in [3.8, 4) is 11.8 Å². The molecule has 2 aromatic rings. The van der Waals surface area contributed by atoms with E-state index in [1.165, 1.54) is 0 Å². The number of ether oxygens (including phenoxy) is 1. The summed E-state index contributed by atoms with van der Waals surface area (Å²) in [5.41, 5.74) is 2.49. The number of nitrogens with one attached hydrogen (secondary N) is 1. The number of rotatable bonds is 5. The van der Waals surface area contributed by atoms with Gasteiger partial charge < -0.3 is 10.1 Å². The molecule has 0 spiro atoms. The van der Waals surface area contributed by atoms with Crippen LogP contribution in [0.4, 0.5) is 0 Å². The molecule has 112 valence electrons. The normalized spacial score (nSPS) is 11.3. The minimum Gasteiger partial charge on any atom is -0.497 e. The van der Waals surface area contributed by atoms with Crippen molar-refractivity contribution in [3.05, 3.63) is 65.2 Å². The molecule has 1 amide bonds. The Bertz CT molecular complexity index is 687. The predicted molar refractivity (Wildman–Crippen MR) is 84.4 cm³/mol. The third-order valence-electron chi connectivity index (χ3n) is 3.42. The number of methoxy groups -OCH3 is 1. The number of carbonyl (C=O) groups is 1. The molecule has 4 heteroatoms. The number of hydrogen-bond acceptors (Lipinski definition) is 3. The first-order chi connectivity index (χ1) is 10.6. The van der Waals surface area contributed by atoms with Gasteiger partial charge in [0, 0.05) is 0 Å². The number of amides is 1. The van der Waals surface area contributed by atoms with Crippen molar-refractivity contribution >= 4 is 5.91 Å². The molecule has 0 saturated heterocycles. The summed E-state index contributed by atoms with van der Waals surface area (Å²) in [5, 5.41) is 11.7. The SMILES string of the molecule is COc1cccc(CC(=O)NC(C)c2ccc(C#N)cc2)c1. The Kier molecular flexibility index (Phi) is 5.16. The first kappa shape index (κ1) is 15.6. The van der Waals surface area contributed by atoms with Gasteiger partial charge >= 0.3 is 0 Å². The average Bonchev–Trinajstić information content (AvgIpc) is 2.55. The Morgan fingerprint density at radius 3 is 2.64 bits per heavy atom. The standard InChI is InChI=1S/C18H18N2O2/c1-13(16-8-6-14(12-19)7-9-16)20-18(21)11-15-4-3-5-17(10-15)22-2/h3-10,13H,11H2,1-2H3,(H,20,21). The van der Waals surface area contributed by atoms with Crippen molar-refractivity contribution in [2.75, 3.05) is 7.11 Å². The topological polar surface area (TPSA) is 62.1 Å². The summed E-state index contributed by atoms with van der Waals surface area (Å²) < 4.78 is 5.15. The van der Waals surface area contributed by atoms with Gasteiger partial charge in [-0.05, 0) is 42.3 Å². The third kappa shape index (κ3) is 4.10. The first-order valence-corrected chi connectivity index (χ1v) is 7.04. The summed E-state index contributed by atoms with van der Waals surface area (Å²) in [6, 6.07) is 16.6. The van der Waals surface area contributed by atoms with Crippen molar-refractivity contribution in [3.63, 3.8) is 0 Å². The number of hydrogen-bond donors (Lipinski definition) is 1.